The number of benzene rings is 1. The monoisotopic (exact) mass is 235 g/mol. The third kappa shape index (κ3) is 1.73. The van der Waals surface area contributed by atoms with Gasteiger partial charge < -0.3 is 9.69 Å². The average molecular weight is 235 g/mol. The van der Waals surface area contributed by atoms with Crippen molar-refractivity contribution >= 4 is 23.7 Å². The molecule has 1 aromatic carbocycles. The molecule has 1 heterocycles. The molecule has 88 valence electrons. The van der Waals surface area contributed by atoms with Gasteiger partial charge in [-0.3, -0.25) is 9.59 Å². The predicted molar refractivity (Wildman–Crippen MR) is 58.5 cm³/mol. The van der Waals surface area contributed by atoms with Crippen LogP contribution in [0.15, 0.2) is 12.1 Å². The van der Waals surface area contributed by atoms with Gasteiger partial charge in [-0.1, -0.05) is 0 Å². The fourth-order valence-electron chi connectivity index (χ4n) is 1.92. The summed E-state index contributed by atoms with van der Waals surface area (Å²) in [6.45, 7) is 1.68. The third-order valence-electron chi connectivity index (χ3n) is 2.63. The Morgan fingerprint density at radius 2 is 2.06 bits per heavy atom. The molecular weight excluding hydrogens is 225 g/mol. The lowest BCUT2D eigenvalue weighted by atomic mass is 10.1. The second-order valence-corrected chi connectivity index (χ2v) is 3.88. The summed E-state index contributed by atoms with van der Waals surface area (Å²) in [4.78, 5) is 34.6. The lowest BCUT2D eigenvalue weighted by Gasteiger charge is -2.15. The van der Waals surface area contributed by atoms with Gasteiger partial charge in [-0.05, 0) is 24.6 Å². The minimum absolute atomic E-state index is 0.00699. The van der Waals surface area contributed by atoms with Crippen molar-refractivity contribution in [2.45, 2.75) is 13.3 Å². The van der Waals surface area contributed by atoms with E-state index < -0.39 is 17.5 Å². The maximum atomic E-state index is 13.7. The normalized spacial score (nSPS) is 14.1. The highest BCUT2D eigenvalue weighted by Crippen LogP contribution is 2.32. The number of halogens is 1. The molecule has 0 saturated carbocycles. The van der Waals surface area contributed by atoms with Crippen molar-refractivity contribution in [2.24, 2.45) is 0 Å². The van der Waals surface area contributed by atoms with Crippen molar-refractivity contribution in [1.82, 2.24) is 0 Å². The van der Waals surface area contributed by atoms with Crippen LogP contribution in [-0.4, -0.2) is 24.5 Å². The highest BCUT2D eigenvalue weighted by molar-refractivity contribution is 6.52. The van der Waals surface area contributed by atoms with Crippen LogP contribution < -0.4 is 4.90 Å². The van der Waals surface area contributed by atoms with Crippen molar-refractivity contribution in [1.29, 1.82) is 0 Å². The third-order valence-corrected chi connectivity index (χ3v) is 2.63. The molecule has 0 fully saturated rings. The van der Waals surface area contributed by atoms with E-state index in [2.05, 4.69) is 0 Å². The van der Waals surface area contributed by atoms with Crippen molar-refractivity contribution in [3.8, 4) is 0 Å². The zero-order chi connectivity index (χ0) is 12.6. The number of fused-ring (bicyclic) bond motifs is 1. The zero-order valence-electron chi connectivity index (χ0n) is 9.20. The fourth-order valence-corrected chi connectivity index (χ4v) is 1.92. The van der Waals surface area contributed by atoms with Crippen LogP contribution in [0.25, 0.3) is 0 Å². The number of Topliss-reactive ketones (excluding diaryl/α,β-unsaturated/α-hetero) is 1. The van der Waals surface area contributed by atoms with Gasteiger partial charge in [0.2, 0.25) is 0 Å². The Hall–Kier alpha value is -2.04. The lowest BCUT2D eigenvalue weighted by molar-refractivity contribution is -0.114. The summed E-state index contributed by atoms with van der Waals surface area (Å²) in [5.41, 5.74) is 0.658. The van der Waals surface area contributed by atoms with E-state index in [1.165, 1.54) is 12.1 Å². The molecule has 5 heteroatoms. The molecule has 0 radical (unpaired) electrons. The van der Waals surface area contributed by atoms with Gasteiger partial charge in [-0.25, -0.2) is 4.39 Å². The van der Waals surface area contributed by atoms with Gasteiger partial charge >= 0.3 is 0 Å². The Morgan fingerprint density at radius 1 is 1.35 bits per heavy atom. The van der Waals surface area contributed by atoms with Gasteiger partial charge in [-0.2, -0.15) is 0 Å². The highest BCUT2D eigenvalue weighted by atomic mass is 19.1. The van der Waals surface area contributed by atoms with Crippen LogP contribution in [0.1, 0.15) is 22.3 Å². The smallest absolute Gasteiger partial charge is 0.299 e. The maximum absolute atomic E-state index is 13.7. The Labute approximate surface area is 97.0 Å². The number of aldehydes is 1. The largest absolute Gasteiger partial charge is 0.303 e. The molecule has 0 N–H and O–H groups in total. The van der Waals surface area contributed by atoms with Crippen molar-refractivity contribution in [2.75, 3.05) is 11.4 Å². The number of hydrogen-bond donors (Lipinski definition) is 0. The number of ketones is 1. The highest BCUT2D eigenvalue weighted by Gasteiger charge is 2.37. The van der Waals surface area contributed by atoms with Crippen LogP contribution in [0.2, 0.25) is 0 Å². The van der Waals surface area contributed by atoms with Crippen LogP contribution in [0.4, 0.5) is 10.1 Å². The molecule has 0 aromatic heterocycles. The Balaban J connectivity index is 2.52. The van der Waals surface area contributed by atoms with Gasteiger partial charge in [0.1, 0.15) is 12.1 Å². The number of hydrogen-bond acceptors (Lipinski definition) is 3. The predicted octanol–water partition coefficient (Wildman–Crippen LogP) is 1.25. The lowest BCUT2D eigenvalue weighted by Crippen LogP contribution is -2.31. The standard InChI is InChI=1S/C12H10FNO3/c1-7-5-8-10(9(13)6-7)14(3-2-4-15)12(17)11(8)16/h4-6H,2-3H2,1H3. The molecule has 4 nitrogen and oxygen atoms in total. The molecule has 0 saturated heterocycles. The summed E-state index contributed by atoms with van der Waals surface area (Å²) in [6.07, 6.45) is 0.702. The Morgan fingerprint density at radius 3 is 2.71 bits per heavy atom. The zero-order valence-corrected chi connectivity index (χ0v) is 9.20. The summed E-state index contributed by atoms with van der Waals surface area (Å²) in [5.74, 6) is -2.09. The van der Waals surface area contributed by atoms with Crippen LogP contribution in [0, 0.1) is 12.7 Å². The molecule has 1 aliphatic heterocycles. The minimum Gasteiger partial charge on any atom is -0.303 e. The van der Waals surface area contributed by atoms with Crippen molar-refractivity contribution in [3.63, 3.8) is 0 Å². The van der Waals surface area contributed by atoms with Crippen LogP contribution in [-0.2, 0) is 9.59 Å². The molecule has 0 spiro atoms. The first-order valence-corrected chi connectivity index (χ1v) is 5.16. The first-order chi connectivity index (χ1) is 8.06. The quantitative estimate of drug-likeness (QED) is 0.585. The van der Waals surface area contributed by atoms with Gasteiger partial charge in [0.05, 0.1) is 11.3 Å². The summed E-state index contributed by atoms with van der Waals surface area (Å²) >= 11 is 0. The SMILES string of the molecule is Cc1cc(F)c2c(c1)C(=O)C(=O)N2CCC=O. The maximum Gasteiger partial charge on any atom is 0.299 e. The molecule has 17 heavy (non-hydrogen) atoms. The molecule has 0 aliphatic carbocycles. The Kier molecular flexibility index (Phi) is 2.75. The molecular formula is C12H10FNO3. The molecule has 1 aromatic rings. The van der Waals surface area contributed by atoms with E-state index in [1.807, 2.05) is 0 Å². The summed E-state index contributed by atoms with van der Waals surface area (Å²) in [6, 6.07) is 2.75. The first kappa shape index (κ1) is 11.4. The van der Waals surface area contributed by atoms with Gasteiger partial charge in [-0.15, -0.1) is 0 Å². The molecule has 0 unspecified atom stereocenters. The van der Waals surface area contributed by atoms with Gasteiger partial charge in [0.15, 0.2) is 0 Å². The van der Waals surface area contributed by atoms with E-state index in [9.17, 15) is 18.8 Å². The van der Waals surface area contributed by atoms with Gasteiger partial charge in [0.25, 0.3) is 11.7 Å². The van der Waals surface area contributed by atoms with E-state index in [4.69, 9.17) is 0 Å². The van der Waals surface area contributed by atoms with Crippen molar-refractivity contribution in [3.05, 3.63) is 29.1 Å². The molecule has 2 rings (SSSR count). The van der Waals surface area contributed by atoms with Crippen LogP contribution >= 0.6 is 0 Å². The Bertz CT molecular complexity index is 525. The van der Waals surface area contributed by atoms with Crippen molar-refractivity contribution < 1.29 is 18.8 Å². The van der Waals surface area contributed by atoms with Crippen LogP contribution in [0.3, 0.4) is 0 Å². The number of rotatable bonds is 3. The number of anilines is 1. The second kappa shape index (κ2) is 4.08. The first-order valence-electron chi connectivity index (χ1n) is 5.16. The summed E-state index contributed by atoms with van der Waals surface area (Å²) in [7, 11) is 0. The molecule has 1 amide bonds. The summed E-state index contributed by atoms with van der Waals surface area (Å²) in [5, 5.41) is 0. The van der Waals surface area contributed by atoms with Crippen LogP contribution in [0.5, 0.6) is 0 Å². The van der Waals surface area contributed by atoms with Gasteiger partial charge in [0, 0.05) is 13.0 Å². The van der Waals surface area contributed by atoms with E-state index in [1.54, 1.807) is 6.92 Å². The summed E-state index contributed by atoms with van der Waals surface area (Å²) < 4.78 is 13.7. The number of aryl methyl sites for hydroxylation is 1. The molecule has 0 bridgehead atoms. The van der Waals surface area contributed by atoms with E-state index >= 15 is 0 Å². The molecule has 0 atom stereocenters. The number of carbonyl (C=O) groups excluding carboxylic acids is 3. The topological polar surface area (TPSA) is 54.5 Å². The number of nitrogens with zero attached hydrogens (tertiary/aromatic N) is 1. The minimum atomic E-state index is -0.772. The number of amides is 1. The number of carbonyl (C=O) groups is 3. The molecule has 1 aliphatic rings. The average Bonchev–Trinajstić information content (AvgIpc) is 2.51. The second-order valence-electron chi connectivity index (χ2n) is 3.88. The van der Waals surface area contributed by atoms with E-state index in [0.29, 0.717) is 11.8 Å². The van der Waals surface area contributed by atoms with E-state index in [0.717, 1.165) is 4.90 Å². The van der Waals surface area contributed by atoms with E-state index in [-0.39, 0.29) is 24.2 Å². The fraction of sp³-hybridized carbons (Fsp3) is 0.250.